The maximum Gasteiger partial charge on any atom is 0.259 e. The Labute approximate surface area is 119 Å². The summed E-state index contributed by atoms with van der Waals surface area (Å²) >= 11 is 0. The van der Waals surface area contributed by atoms with Gasteiger partial charge in [0.1, 0.15) is 11.5 Å². The van der Waals surface area contributed by atoms with Gasteiger partial charge in [-0.05, 0) is 25.5 Å². The van der Waals surface area contributed by atoms with E-state index in [-0.39, 0.29) is 5.56 Å². The molecule has 0 aliphatic rings. The molecule has 1 atom stereocenters. The zero-order chi connectivity index (χ0) is 14.4. The number of hydrogen-bond acceptors (Lipinski definition) is 3. The van der Waals surface area contributed by atoms with Crippen LogP contribution in [0.1, 0.15) is 46.0 Å². The average molecular weight is 273 g/mol. The van der Waals surface area contributed by atoms with Gasteiger partial charge in [0.05, 0.1) is 0 Å². The van der Waals surface area contributed by atoms with E-state index in [4.69, 9.17) is 0 Å². The Morgan fingerprint density at radius 2 is 2.15 bits per heavy atom. The average Bonchev–Trinajstić information content (AvgIpc) is 2.44. The van der Waals surface area contributed by atoms with Crippen molar-refractivity contribution in [3.8, 4) is 0 Å². The molecule has 108 valence electrons. The van der Waals surface area contributed by atoms with Crippen molar-refractivity contribution >= 4 is 11.5 Å². The highest BCUT2D eigenvalue weighted by molar-refractivity contribution is 5.46. The van der Waals surface area contributed by atoms with Gasteiger partial charge in [-0.15, -0.1) is 0 Å². The Morgan fingerprint density at radius 3 is 2.95 bits per heavy atom. The highest BCUT2D eigenvalue weighted by Crippen LogP contribution is 2.10. The van der Waals surface area contributed by atoms with Crippen molar-refractivity contribution in [3.63, 3.8) is 0 Å². The predicted molar refractivity (Wildman–Crippen MR) is 83.3 cm³/mol. The van der Waals surface area contributed by atoms with Crippen molar-refractivity contribution in [1.82, 2.24) is 9.38 Å². The lowest BCUT2D eigenvalue weighted by Gasteiger charge is -2.14. The molecule has 1 unspecified atom stereocenters. The van der Waals surface area contributed by atoms with Gasteiger partial charge in [0.2, 0.25) is 0 Å². The fourth-order valence-electron chi connectivity index (χ4n) is 2.33. The molecule has 1 N–H and O–H groups in total. The second kappa shape index (κ2) is 7.08. The molecule has 0 saturated heterocycles. The van der Waals surface area contributed by atoms with E-state index in [0.29, 0.717) is 17.5 Å². The molecule has 2 heterocycles. The molecule has 0 spiro atoms. The molecule has 0 radical (unpaired) electrons. The van der Waals surface area contributed by atoms with Gasteiger partial charge in [0.25, 0.3) is 5.56 Å². The van der Waals surface area contributed by atoms with E-state index in [0.717, 1.165) is 6.42 Å². The lowest BCUT2D eigenvalue weighted by Crippen LogP contribution is -2.20. The van der Waals surface area contributed by atoms with Gasteiger partial charge in [-0.3, -0.25) is 9.20 Å². The van der Waals surface area contributed by atoms with Gasteiger partial charge in [-0.25, -0.2) is 4.98 Å². The molecule has 0 aliphatic heterocycles. The van der Waals surface area contributed by atoms with E-state index in [1.54, 1.807) is 16.7 Å². The number of pyridine rings is 1. The van der Waals surface area contributed by atoms with Crippen LogP contribution in [-0.2, 0) is 0 Å². The Kier molecular flexibility index (Phi) is 5.16. The van der Waals surface area contributed by atoms with Crippen molar-refractivity contribution in [1.29, 1.82) is 0 Å². The molecule has 4 nitrogen and oxygen atoms in total. The first-order valence-corrected chi connectivity index (χ1v) is 7.45. The number of nitrogens with zero attached hydrogens (tertiary/aromatic N) is 2. The third kappa shape index (κ3) is 3.83. The van der Waals surface area contributed by atoms with Crippen LogP contribution in [0.2, 0.25) is 0 Å². The van der Waals surface area contributed by atoms with Crippen LogP contribution in [0, 0.1) is 0 Å². The van der Waals surface area contributed by atoms with Gasteiger partial charge in [-0.2, -0.15) is 0 Å². The van der Waals surface area contributed by atoms with E-state index in [2.05, 4.69) is 24.1 Å². The Balaban J connectivity index is 2.01. The number of anilines is 1. The minimum absolute atomic E-state index is 0.0451. The number of nitrogens with one attached hydrogen (secondary N) is 1. The quantitative estimate of drug-likeness (QED) is 0.786. The van der Waals surface area contributed by atoms with E-state index in [1.165, 1.54) is 25.7 Å². The third-order valence-electron chi connectivity index (χ3n) is 3.46. The molecule has 2 aromatic rings. The molecule has 2 rings (SSSR count). The normalized spacial score (nSPS) is 12.5. The van der Waals surface area contributed by atoms with Gasteiger partial charge >= 0.3 is 0 Å². The van der Waals surface area contributed by atoms with Crippen LogP contribution in [0.3, 0.4) is 0 Å². The second-order valence-electron chi connectivity index (χ2n) is 5.30. The summed E-state index contributed by atoms with van der Waals surface area (Å²) in [5.41, 5.74) is 0.636. The molecular weight excluding hydrogens is 250 g/mol. The molecule has 20 heavy (non-hydrogen) atoms. The minimum atomic E-state index is -0.0451. The van der Waals surface area contributed by atoms with Gasteiger partial charge in [0, 0.05) is 18.3 Å². The number of hydrogen-bond donors (Lipinski definition) is 1. The Bertz CT molecular complexity index is 606. The van der Waals surface area contributed by atoms with Crippen molar-refractivity contribution in [2.75, 3.05) is 5.32 Å². The minimum Gasteiger partial charge on any atom is -0.367 e. The van der Waals surface area contributed by atoms with E-state index in [9.17, 15) is 4.79 Å². The topological polar surface area (TPSA) is 46.4 Å². The predicted octanol–water partition coefficient (Wildman–Crippen LogP) is 3.47. The zero-order valence-corrected chi connectivity index (χ0v) is 12.3. The molecule has 0 saturated carbocycles. The molecule has 0 bridgehead atoms. The van der Waals surface area contributed by atoms with Crippen LogP contribution in [-0.4, -0.2) is 15.4 Å². The van der Waals surface area contributed by atoms with E-state index < -0.39 is 0 Å². The third-order valence-corrected chi connectivity index (χ3v) is 3.46. The van der Waals surface area contributed by atoms with Crippen LogP contribution in [0.4, 0.5) is 5.82 Å². The van der Waals surface area contributed by atoms with Crippen molar-refractivity contribution < 1.29 is 0 Å². The Morgan fingerprint density at radius 1 is 1.30 bits per heavy atom. The van der Waals surface area contributed by atoms with Gasteiger partial charge in [0.15, 0.2) is 0 Å². The molecule has 0 aliphatic carbocycles. The summed E-state index contributed by atoms with van der Waals surface area (Å²) in [5.74, 6) is 0.671. The SMILES string of the molecule is CCCCCCC(C)Nc1cc(=O)n2ccccc2n1. The Hall–Kier alpha value is -1.84. The van der Waals surface area contributed by atoms with Crippen LogP contribution < -0.4 is 10.9 Å². The van der Waals surface area contributed by atoms with Gasteiger partial charge in [-0.1, -0.05) is 38.7 Å². The molecular formula is C16H23N3O. The maximum absolute atomic E-state index is 12.0. The number of fused-ring (bicyclic) bond motifs is 1. The highest BCUT2D eigenvalue weighted by atomic mass is 16.1. The van der Waals surface area contributed by atoms with E-state index >= 15 is 0 Å². The number of aromatic nitrogens is 2. The summed E-state index contributed by atoms with van der Waals surface area (Å²) in [7, 11) is 0. The van der Waals surface area contributed by atoms with E-state index in [1.807, 2.05) is 18.2 Å². The summed E-state index contributed by atoms with van der Waals surface area (Å²) < 4.78 is 1.55. The fraction of sp³-hybridized carbons (Fsp3) is 0.500. The van der Waals surface area contributed by atoms with Crippen LogP contribution in [0.25, 0.3) is 5.65 Å². The first kappa shape index (κ1) is 14.6. The largest absolute Gasteiger partial charge is 0.367 e. The second-order valence-corrected chi connectivity index (χ2v) is 5.30. The smallest absolute Gasteiger partial charge is 0.259 e. The summed E-state index contributed by atoms with van der Waals surface area (Å²) in [6.45, 7) is 4.36. The first-order valence-electron chi connectivity index (χ1n) is 7.45. The summed E-state index contributed by atoms with van der Waals surface area (Å²) in [5, 5.41) is 3.33. The molecule has 0 amide bonds. The molecule has 0 aromatic carbocycles. The van der Waals surface area contributed by atoms with Crippen LogP contribution in [0.15, 0.2) is 35.3 Å². The summed E-state index contributed by atoms with van der Waals surface area (Å²) in [4.78, 5) is 16.4. The van der Waals surface area contributed by atoms with Crippen molar-refractivity contribution in [2.45, 2.75) is 52.0 Å². The number of unbranched alkanes of at least 4 members (excludes halogenated alkanes) is 3. The summed E-state index contributed by atoms with van der Waals surface area (Å²) in [6.07, 6.45) is 7.89. The van der Waals surface area contributed by atoms with Crippen molar-refractivity contribution in [2.24, 2.45) is 0 Å². The summed E-state index contributed by atoms with van der Waals surface area (Å²) in [6, 6.07) is 7.47. The molecule has 0 fully saturated rings. The van der Waals surface area contributed by atoms with Crippen molar-refractivity contribution in [3.05, 3.63) is 40.8 Å². The first-order chi connectivity index (χ1) is 9.70. The lowest BCUT2D eigenvalue weighted by molar-refractivity contribution is 0.593. The fourth-order valence-corrected chi connectivity index (χ4v) is 2.33. The molecule has 2 aromatic heterocycles. The van der Waals surface area contributed by atoms with Crippen LogP contribution in [0.5, 0.6) is 0 Å². The molecule has 4 heteroatoms. The highest BCUT2D eigenvalue weighted by Gasteiger charge is 2.05. The zero-order valence-electron chi connectivity index (χ0n) is 12.3. The monoisotopic (exact) mass is 273 g/mol. The maximum atomic E-state index is 12.0. The number of rotatable bonds is 7. The van der Waals surface area contributed by atoms with Crippen LogP contribution >= 0.6 is 0 Å². The standard InChI is InChI=1S/C16H23N3O/c1-3-4-5-6-9-13(2)17-14-12-16(20)19-11-8-7-10-15(19)18-14/h7-8,10-13,17H,3-6,9H2,1-2H3. The lowest BCUT2D eigenvalue weighted by atomic mass is 10.1. The van der Waals surface area contributed by atoms with Gasteiger partial charge < -0.3 is 5.32 Å².